The van der Waals surface area contributed by atoms with Crippen LogP contribution in [0.1, 0.15) is 37.2 Å². The van der Waals surface area contributed by atoms with Gasteiger partial charge in [0.2, 0.25) is 0 Å². The zero-order valence-corrected chi connectivity index (χ0v) is 35.7. The van der Waals surface area contributed by atoms with Gasteiger partial charge in [0.1, 0.15) is 0 Å². The number of halogens is 8. The van der Waals surface area contributed by atoms with Crippen LogP contribution in [-0.4, -0.2) is 11.0 Å². The Balaban J connectivity index is 1.96. The summed E-state index contributed by atoms with van der Waals surface area (Å²) in [6.07, 6.45) is 4.68. The second-order valence-corrected chi connectivity index (χ2v) is 18.2. The Labute approximate surface area is 313 Å². The van der Waals surface area contributed by atoms with E-state index in [0.29, 0.717) is 12.0 Å². The molecule has 0 unspecified atom stereocenters. The normalized spacial score (nSPS) is 18.3. The number of benzene rings is 3. The molecule has 35 heavy (non-hydrogen) atoms. The Morgan fingerprint density at radius 3 is 1.66 bits per heavy atom. The topological polar surface area (TPSA) is 52.0 Å². The molecule has 188 valence electrons. The fraction of sp³-hybridized carbons (Fsp3) is 0.280. The summed E-state index contributed by atoms with van der Waals surface area (Å²) in [6, 6.07) is 8.71. The molecule has 3 aromatic rings. The molecular weight excluding hydrogens is 1340 g/mol. The van der Waals surface area contributed by atoms with Gasteiger partial charge in [-0.2, -0.15) is 0 Å². The van der Waals surface area contributed by atoms with E-state index in [9.17, 15) is 0 Å². The van der Waals surface area contributed by atoms with Gasteiger partial charge >= 0.3 is 320 Å². The SMILES string of the molecule is C[I-]c1c(I)c(-c2ccc(N)cc2)c(I)c(I)c1-c1c(I)c(I)c(C2CCC(N)CC2)c(I)c1I. The van der Waals surface area contributed by atoms with Crippen LogP contribution in [-0.2, 0) is 0 Å². The third kappa shape index (κ3) is 6.37. The molecule has 1 aliphatic carbocycles. The second-order valence-electron chi connectivity index (χ2n) is 8.47. The van der Waals surface area contributed by atoms with E-state index in [4.69, 9.17) is 11.5 Å². The van der Waals surface area contributed by atoms with Crippen molar-refractivity contribution in [3.05, 3.63) is 58.4 Å². The van der Waals surface area contributed by atoms with Gasteiger partial charge in [0.25, 0.3) is 0 Å². The van der Waals surface area contributed by atoms with E-state index in [1.54, 1.807) is 9.13 Å². The molecule has 10 heteroatoms. The average Bonchev–Trinajstić information content (AvgIpc) is 2.83. The first-order chi connectivity index (χ1) is 16.6. The summed E-state index contributed by atoms with van der Waals surface area (Å²) >= 11 is 18.1. The third-order valence-electron chi connectivity index (χ3n) is 6.38. The Morgan fingerprint density at radius 2 is 1.14 bits per heavy atom. The van der Waals surface area contributed by atoms with Gasteiger partial charge in [0.05, 0.1) is 0 Å². The molecule has 0 saturated heterocycles. The van der Waals surface area contributed by atoms with Crippen LogP contribution in [0, 0.1) is 28.6 Å². The van der Waals surface area contributed by atoms with Gasteiger partial charge < -0.3 is 0 Å². The number of nitrogens with two attached hydrogens (primary N) is 2. The third-order valence-corrected chi connectivity index (χ3v) is 20.3. The van der Waals surface area contributed by atoms with Crippen molar-refractivity contribution in [2.24, 2.45) is 5.73 Å². The van der Waals surface area contributed by atoms with E-state index >= 15 is 0 Å². The van der Waals surface area contributed by atoms with Crippen molar-refractivity contribution >= 4 is 164 Å². The van der Waals surface area contributed by atoms with E-state index in [0.717, 1.165) is 18.5 Å². The predicted molar refractivity (Wildman–Crippen MR) is 205 cm³/mol. The number of alkyl halides is 1. The first-order valence-electron chi connectivity index (χ1n) is 10.8. The Kier molecular flexibility index (Phi) is 12.0. The van der Waals surface area contributed by atoms with Gasteiger partial charge in [-0.1, -0.05) is 0 Å². The minimum atomic E-state index is -0.142. The summed E-state index contributed by atoms with van der Waals surface area (Å²) in [6.45, 7) is 0. The van der Waals surface area contributed by atoms with Crippen LogP contribution in [0.25, 0.3) is 22.3 Å². The Bertz CT molecular complexity index is 1250. The van der Waals surface area contributed by atoms with Gasteiger partial charge in [-0.3, -0.25) is 0 Å². The number of hydrogen-bond donors (Lipinski definition) is 2. The number of hydrogen-bond acceptors (Lipinski definition) is 2. The Morgan fingerprint density at radius 1 is 0.657 bits per heavy atom. The molecule has 3 aromatic carbocycles. The van der Waals surface area contributed by atoms with E-state index < -0.39 is 0 Å². The van der Waals surface area contributed by atoms with Crippen LogP contribution >= 0.6 is 158 Å². The molecule has 4 N–H and O–H groups in total. The van der Waals surface area contributed by atoms with E-state index in [1.165, 1.54) is 60.1 Å². The zero-order valence-electron chi connectivity index (χ0n) is 18.5. The van der Waals surface area contributed by atoms with Crippen molar-refractivity contribution in [2.45, 2.75) is 37.6 Å². The summed E-state index contributed by atoms with van der Waals surface area (Å²) in [5, 5.41) is 0. The Hall–Kier alpha value is 3.26. The van der Waals surface area contributed by atoms with Gasteiger partial charge in [0, 0.05) is 0 Å². The monoisotopic (exact) mass is 1360 g/mol. The van der Waals surface area contributed by atoms with Crippen molar-refractivity contribution < 1.29 is 21.2 Å². The summed E-state index contributed by atoms with van der Waals surface area (Å²) in [5.74, 6) is 0.620. The van der Waals surface area contributed by atoms with Gasteiger partial charge in [-0.25, -0.2) is 0 Å². The first kappa shape index (κ1) is 31.2. The van der Waals surface area contributed by atoms with Crippen LogP contribution in [0.3, 0.4) is 0 Å². The molecule has 2 nitrogen and oxygen atoms in total. The van der Waals surface area contributed by atoms with Crippen molar-refractivity contribution in [3.63, 3.8) is 0 Å². The molecule has 0 atom stereocenters. The van der Waals surface area contributed by atoms with Crippen LogP contribution in [0.4, 0.5) is 5.69 Å². The number of nitrogen functional groups attached to an aromatic ring is 1. The molecular formula is C25H21I8N2-. The quantitative estimate of drug-likeness (QED) is 0.132. The molecule has 1 fully saturated rings. The predicted octanol–water partition coefficient (Wildman–Crippen LogP) is 6.71. The van der Waals surface area contributed by atoms with Gasteiger partial charge in [0.15, 0.2) is 0 Å². The second kappa shape index (κ2) is 13.5. The molecule has 1 aliphatic rings. The van der Waals surface area contributed by atoms with Crippen molar-refractivity contribution in [1.82, 2.24) is 0 Å². The maximum atomic E-state index is 6.24. The summed E-state index contributed by atoms with van der Waals surface area (Å²) in [4.78, 5) is 2.39. The van der Waals surface area contributed by atoms with Crippen molar-refractivity contribution in [3.8, 4) is 22.3 Å². The van der Waals surface area contributed by atoms with Gasteiger partial charge in [-0.15, -0.1) is 0 Å². The van der Waals surface area contributed by atoms with Crippen LogP contribution in [0.5, 0.6) is 0 Å². The molecule has 4 rings (SSSR count). The fourth-order valence-corrected chi connectivity index (χ4v) is 15.9. The molecule has 0 heterocycles. The summed E-state index contributed by atoms with van der Waals surface area (Å²) < 4.78 is 11.3. The molecule has 0 aromatic heterocycles. The van der Waals surface area contributed by atoms with Crippen molar-refractivity contribution in [1.29, 1.82) is 0 Å². The van der Waals surface area contributed by atoms with E-state index in [1.807, 2.05) is 12.1 Å². The van der Waals surface area contributed by atoms with E-state index in [-0.39, 0.29) is 21.2 Å². The van der Waals surface area contributed by atoms with Crippen molar-refractivity contribution in [2.75, 3.05) is 10.7 Å². The number of anilines is 1. The molecule has 0 spiro atoms. The summed E-state index contributed by atoms with van der Waals surface area (Å²) in [7, 11) is 0. The van der Waals surface area contributed by atoms with Gasteiger partial charge in [-0.05, 0) is 0 Å². The average molecular weight is 1360 g/mol. The molecule has 0 radical (unpaired) electrons. The molecule has 0 amide bonds. The minimum absolute atomic E-state index is 0.142. The molecule has 0 aliphatic heterocycles. The summed E-state index contributed by atoms with van der Waals surface area (Å²) in [5.41, 5.74) is 20.1. The fourth-order valence-electron chi connectivity index (χ4n) is 4.57. The maximum absolute atomic E-state index is 6.24. The van der Waals surface area contributed by atoms with Crippen LogP contribution in [0.2, 0.25) is 0 Å². The standard InChI is InChI=1S/C25H21I8N2/c1-33-25-17(23(31)20(28)15(24(25)32)11-4-8-13(35)9-5-11)16-21(29)18(26)14(19(27)22(16)30)10-2-6-12(34)7-3-10/h4-5,8-10,12H,2-3,6-7,34-35H2,1H3/q-1. The van der Waals surface area contributed by atoms with Crippen LogP contribution in [0.15, 0.2) is 24.3 Å². The van der Waals surface area contributed by atoms with Crippen LogP contribution < -0.4 is 32.7 Å². The number of rotatable bonds is 4. The molecule has 1 saturated carbocycles. The molecule has 0 bridgehead atoms. The van der Waals surface area contributed by atoms with E-state index in [2.05, 4.69) is 175 Å². The zero-order chi connectivity index (χ0) is 25.6. The first-order valence-corrected chi connectivity index (χ1v) is 21.5.